The first-order valence-electron chi connectivity index (χ1n) is 8.28. The molecule has 6 heteroatoms. The van der Waals surface area contributed by atoms with E-state index in [2.05, 4.69) is 17.4 Å². The van der Waals surface area contributed by atoms with Crippen molar-refractivity contribution in [3.05, 3.63) is 69.3 Å². The summed E-state index contributed by atoms with van der Waals surface area (Å²) in [4.78, 5) is 25.1. The van der Waals surface area contributed by atoms with Crippen LogP contribution in [-0.2, 0) is 11.2 Å². The van der Waals surface area contributed by atoms with Gasteiger partial charge in [0.25, 0.3) is 5.69 Å². The molecule has 0 aromatic heterocycles. The molecule has 0 radical (unpaired) electrons. The number of benzene rings is 2. The number of amides is 1. The minimum absolute atomic E-state index is 0.0813. The Bertz CT molecular complexity index is 819. The van der Waals surface area contributed by atoms with E-state index in [0.717, 1.165) is 18.4 Å². The molecule has 3 rings (SSSR count). The van der Waals surface area contributed by atoms with Gasteiger partial charge < -0.3 is 5.32 Å². The molecule has 0 saturated carbocycles. The molecule has 2 aromatic rings. The van der Waals surface area contributed by atoms with E-state index in [1.165, 1.54) is 17.2 Å². The van der Waals surface area contributed by atoms with Gasteiger partial charge in [-0.05, 0) is 49.6 Å². The van der Waals surface area contributed by atoms with E-state index in [1.807, 2.05) is 24.1 Å². The summed E-state index contributed by atoms with van der Waals surface area (Å²) >= 11 is 0. The van der Waals surface area contributed by atoms with E-state index in [-0.39, 0.29) is 29.9 Å². The van der Waals surface area contributed by atoms with Crippen LogP contribution < -0.4 is 5.32 Å². The van der Waals surface area contributed by atoms with Crippen molar-refractivity contribution < 1.29 is 9.72 Å². The number of carbonyl (C=O) groups excluding carboxylic acids is 1. The van der Waals surface area contributed by atoms with Crippen LogP contribution in [0.3, 0.4) is 0 Å². The molecule has 1 amide bonds. The minimum Gasteiger partial charge on any atom is -0.319 e. The summed E-state index contributed by atoms with van der Waals surface area (Å²) < 4.78 is 0. The lowest BCUT2D eigenvalue weighted by Crippen LogP contribution is -2.32. The average Bonchev–Trinajstić information content (AvgIpc) is 3.00. The second-order valence-corrected chi connectivity index (χ2v) is 6.49. The van der Waals surface area contributed by atoms with Crippen LogP contribution in [0, 0.1) is 17.0 Å². The van der Waals surface area contributed by atoms with E-state index >= 15 is 0 Å². The molecule has 6 nitrogen and oxygen atoms in total. The molecule has 1 aliphatic rings. The van der Waals surface area contributed by atoms with Gasteiger partial charge in [0.05, 0.1) is 11.5 Å². The highest BCUT2D eigenvalue weighted by atomic mass is 16.6. The maximum atomic E-state index is 12.4. The van der Waals surface area contributed by atoms with Gasteiger partial charge in [-0.15, -0.1) is 0 Å². The first kappa shape index (κ1) is 17.1. The van der Waals surface area contributed by atoms with E-state index in [1.54, 1.807) is 19.1 Å². The van der Waals surface area contributed by atoms with Crippen molar-refractivity contribution >= 4 is 17.3 Å². The van der Waals surface area contributed by atoms with E-state index in [4.69, 9.17) is 0 Å². The normalized spacial score (nSPS) is 15.9. The number of nitro groups is 1. The Labute approximate surface area is 146 Å². The Kier molecular flexibility index (Phi) is 4.81. The fourth-order valence-electron chi connectivity index (χ4n) is 3.42. The lowest BCUT2D eigenvalue weighted by molar-refractivity contribution is -0.384. The van der Waals surface area contributed by atoms with Crippen LogP contribution in [0.4, 0.5) is 11.4 Å². The van der Waals surface area contributed by atoms with Crippen molar-refractivity contribution in [2.75, 3.05) is 18.9 Å². The monoisotopic (exact) mass is 339 g/mol. The molecular weight excluding hydrogens is 318 g/mol. The van der Waals surface area contributed by atoms with Gasteiger partial charge in [-0.3, -0.25) is 19.8 Å². The lowest BCUT2D eigenvalue weighted by atomic mass is 10.1. The third-order valence-electron chi connectivity index (χ3n) is 4.65. The van der Waals surface area contributed by atoms with Gasteiger partial charge >= 0.3 is 0 Å². The number of carbonyl (C=O) groups is 1. The summed E-state index contributed by atoms with van der Waals surface area (Å²) in [6, 6.07) is 13.3. The lowest BCUT2D eigenvalue weighted by Gasteiger charge is -2.24. The van der Waals surface area contributed by atoms with Gasteiger partial charge in [0.15, 0.2) is 0 Å². The van der Waals surface area contributed by atoms with Gasteiger partial charge in [-0.25, -0.2) is 0 Å². The Balaban J connectivity index is 1.69. The number of fused-ring (bicyclic) bond motifs is 1. The zero-order valence-electron chi connectivity index (χ0n) is 14.4. The molecular formula is C19H21N3O3. The number of rotatable bonds is 5. The summed E-state index contributed by atoms with van der Waals surface area (Å²) in [6.45, 7) is 1.97. The number of likely N-dealkylation sites (N-methyl/N-ethyl adjacent to an activating group) is 1. The quantitative estimate of drug-likeness (QED) is 0.668. The molecule has 1 atom stereocenters. The Hall–Kier alpha value is -2.73. The molecule has 0 spiro atoms. The van der Waals surface area contributed by atoms with Gasteiger partial charge in [-0.1, -0.05) is 30.3 Å². The Morgan fingerprint density at radius 2 is 2.08 bits per heavy atom. The molecule has 0 unspecified atom stereocenters. The second kappa shape index (κ2) is 7.03. The molecule has 0 fully saturated rings. The highest BCUT2D eigenvalue weighted by Crippen LogP contribution is 2.34. The zero-order valence-corrected chi connectivity index (χ0v) is 14.4. The smallest absolute Gasteiger partial charge is 0.293 e. The number of hydrogen-bond acceptors (Lipinski definition) is 4. The van der Waals surface area contributed by atoms with Crippen molar-refractivity contribution in [2.24, 2.45) is 0 Å². The molecule has 0 heterocycles. The van der Waals surface area contributed by atoms with Crippen LogP contribution in [0.1, 0.15) is 29.2 Å². The standard InChI is InChI=1S/C19H21N3O3/c1-13-7-9-16(18(11-13)22(24)25)20-19(23)12-21(2)17-10-8-14-5-3-4-6-15(14)17/h3-7,9,11,17H,8,10,12H2,1-2H3,(H,20,23)/t17-/m0/s1. The number of aryl methyl sites for hydroxylation is 2. The first-order valence-corrected chi connectivity index (χ1v) is 8.28. The van der Waals surface area contributed by atoms with E-state index in [9.17, 15) is 14.9 Å². The third kappa shape index (κ3) is 3.69. The molecule has 0 aliphatic heterocycles. The van der Waals surface area contributed by atoms with Crippen LogP contribution in [0.2, 0.25) is 0 Å². The topological polar surface area (TPSA) is 75.5 Å². The summed E-state index contributed by atoms with van der Waals surface area (Å²) in [6.07, 6.45) is 1.99. The van der Waals surface area contributed by atoms with Crippen LogP contribution in [0.25, 0.3) is 0 Å². The molecule has 2 aromatic carbocycles. The highest BCUT2D eigenvalue weighted by Gasteiger charge is 2.27. The molecule has 0 bridgehead atoms. The zero-order chi connectivity index (χ0) is 18.0. The molecule has 0 saturated heterocycles. The van der Waals surface area contributed by atoms with Gasteiger partial charge in [0, 0.05) is 12.1 Å². The van der Waals surface area contributed by atoms with Gasteiger partial charge in [0.2, 0.25) is 5.91 Å². The fourth-order valence-corrected chi connectivity index (χ4v) is 3.42. The third-order valence-corrected chi connectivity index (χ3v) is 4.65. The number of nitro benzene ring substituents is 1. The second-order valence-electron chi connectivity index (χ2n) is 6.49. The fraction of sp³-hybridized carbons (Fsp3) is 0.316. The van der Waals surface area contributed by atoms with Crippen LogP contribution in [0.5, 0.6) is 0 Å². The summed E-state index contributed by atoms with van der Waals surface area (Å²) in [7, 11) is 1.91. The van der Waals surface area contributed by atoms with Crippen molar-refractivity contribution in [3.63, 3.8) is 0 Å². The molecule has 130 valence electrons. The summed E-state index contributed by atoms with van der Waals surface area (Å²) in [5.41, 5.74) is 3.53. The first-order chi connectivity index (χ1) is 12.0. The Morgan fingerprint density at radius 3 is 2.84 bits per heavy atom. The molecule has 1 N–H and O–H groups in total. The van der Waals surface area contributed by atoms with Gasteiger partial charge in [-0.2, -0.15) is 0 Å². The largest absolute Gasteiger partial charge is 0.319 e. The number of hydrogen-bond donors (Lipinski definition) is 1. The van der Waals surface area contributed by atoms with Crippen LogP contribution in [0.15, 0.2) is 42.5 Å². The van der Waals surface area contributed by atoms with Crippen molar-refractivity contribution in [1.82, 2.24) is 4.90 Å². The summed E-state index contributed by atoms with van der Waals surface area (Å²) in [5, 5.41) is 13.8. The predicted molar refractivity (Wildman–Crippen MR) is 96.6 cm³/mol. The van der Waals surface area contributed by atoms with Crippen molar-refractivity contribution in [2.45, 2.75) is 25.8 Å². The highest BCUT2D eigenvalue weighted by molar-refractivity contribution is 5.94. The Morgan fingerprint density at radius 1 is 1.32 bits per heavy atom. The predicted octanol–water partition coefficient (Wildman–Crippen LogP) is 3.46. The maximum Gasteiger partial charge on any atom is 0.293 e. The number of anilines is 1. The number of nitrogens with one attached hydrogen (secondary N) is 1. The van der Waals surface area contributed by atoms with Crippen molar-refractivity contribution in [3.8, 4) is 0 Å². The average molecular weight is 339 g/mol. The summed E-state index contributed by atoms with van der Waals surface area (Å²) in [5.74, 6) is -0.251. The van der Waals surface area contributed by atoms with Crippen LogP contribution >= 0.6 is 0 Å². The van der Waals surface area contributed by atoms with Gasteiger partial charge in [0.1, 0.15) is 5.69 Å². The SMILES string of the molecule is Cc1ccc(NC(=O)CN(C)[C@H]2CCc3ccccc32)c([N+](=O)[O-])c1. The van der Waals surface area contributed by atoms with E-state index in [0.29, 0.717) is 0 Å². The molecule has 1 aliphatic carbocycles. The number of nitrogens with zero attached hydrogens (tertiary/aromatic N) is 2. The molecule has 25 heavy (non-hydrogen) atoms. The van der Waals surface area contributed by atoms with E-state index < -0.39 is 4.92 Å². The maximum absolute atomic E-state index is 12.4. The van der Waals surface area contributed by atoms with Crippen LogP contribution in [-0.4, -0.2) is 29.3 Å². The van der Waals surface area contributed by atoms with Crippen molar-refractivity contribution in [1.29, 1.82) is 0 Å². The minimum atomic E-state index is -0.473.